The average molecular weight is 297 g/mol. The molecular weight excluding hydrogens is 274 g/mol. The molecule has 21 heavy (non-hydrogen) atoms. The van der Waals surface area contributed by atoms with E-state index in [1.807, 2.05) is 0 Å². The standard InChI is InChI=1S/C19H23NS/c1-21-17-13-11-16(12-14-17)20-19-10-6-5-9-18(19)15-7-3-2-4-8-15/h2-4,7-8,11-14,18-20H,5-6,9-10H2,1H3. The number of thioether (sulfide) groups is 1. The van der Waals surface area contributed by atoms with Crippen molar-refractivity contribution < 1.29 is 0 Å². The van der Waals surface area contributed by atoms with Gasteiger partial charge in [-0.05, 0) is 48.9 Å². The highest BCUT2D eigenvalue weighted by Gasteiger charge is 2.26. The summed E-state index contributed by atoms with van der Waals surface area (Å²) in [6, 6.07) is 20.4. The summed E-state index contributed by atoms with van der Waals surface area (Å²) in [4.78, 5) is 1.32. The van der Waals surface area contributed by atoms with Crippen molar-refractivity contribution in [2.24, 2.45) is 0 Å². The molecule has 0 radical (unpaired) electrons. The molecule has 0 aliphatic heterocycles. The van der Waals surface area contributed by atoms with E-state index in [0.717, 1.165) is 0 Å². The van der Waals surface area contributed by atoms with Crippen LogP contribution in [0, 0.1) is 0 Å². The van der Waals surface area contributed by atoms with Gasteiger partial charge in [-0.15, -0.1) is 11.8 Å². The minimum Gasteiger partial charge on any atom is -0.382 e. The molecule has 2 heteroatoms. The maximum absolute atomic E-state index is 3.77. The highest BCUT2D eigenvalue weighted by molar-refractivity contribution is 7.98. The van der Waals surface area contributed by atoms with E-state index < -0.39 is 0 Å². The van der Waals surface area contributed by atoms with E-state index >= 15 is 0 Å². The van der Waals surface area contributed by atoms with Crippen LogP contribution in [0.25, 0.3) is 0 Å². The van der Waals surface area contributed by atoms with Crippen molar-refractivity contribution in [2.45, 2.75) is 42.5 Å². The van der Waals surface area contributed by atoms with Gasteiger partial charge < -0.3 is 5.32 Å². The van der Waals surface area contributed by atoms with Gasteiger partial charge in [-0.2, -0.15) is 0 Å². The van der Waals surface area contributed by atoms with Crippen LogP contribution in [0.15, 0.2) is 59.5 Å². The molecule has 1 aliphatic rings. The third-order valence-corrected chi connectivity index (χ3v) is 5.18. The second-order valence-corrected chi connectivity index (χ2v) is 6.66. The molecule has 0 spiro atoms. The smallest absolute Gasteiger partial charge is 0.0343 e. The first kappa shape index (κ1) is 14.5. The van der Waals surface area contributed by atoms with Gasteiger partial charge >= 0.3 is 0 Å². The molecule has 110 valence electrons. The Labute approximate surface area is 132 Å². The van der Waals surface area contributed by atoms with Crippen LogP contribution >= 0.6 is 11.8 Å². The van der Waals surface area contributed by atoms with Crippen LogP contribution in [-0.4, -0.2) is 12.3 Å². The largest absolute Gasteiger partial charge is 0.382 e. The summed E-state index contributed by atoms with van der Waals surface area (Å²) in [5, 5.41) is 3.77. The monoisotopic (exact) mass is 297 g/mol. The fraction of sp³-hybridized carbons (Fsp3) is 0.368. The highest BCUT2D eigenvalue weighted by Crippen LogP contribution is 2.35. The highest BCUT2D eigenvalue weighted by atomic mass is 32.2. The number of hydrogen-bond donors (Lipinski definition) is 1. The zero-order valence-electron chi connectivity index (χ0n) is 12.6. The molecule has 2 atom stereocenters. The number of nitrogens with one attached hydrogen (secondary N) is 1. The zero-order chi connectivity index (χ0) is 14.5. The van der Waals surface area contributed by atoms with Crippen LogP contribution in [0.3, 0.4) is 0 Å². The van der Waals surface area contributed by atoms with E-state index in [0.29, 0.717) is 12.0 Å². The van der Waals surface area contributed by atoms with Crippen LogP contribution in [0.1, 0.15) is 37.2 Å². The molecule has 2 unspecified atom stereocenters. The van der Waals surface area contributed by atoms with Gasteiger partial charge in [0.15, 0.2) is 0 Å². The first-order valence-corrected chi connectivity index (χ1v) is 9.05. The van der Waals surface area contributed by atoms with Crippen molar-refractivity contribution in [2.75, 3.05) is 11.6 Å². The van der Waals surface area contributed by atoms with Gasteiger partial charge in [-0.1, -0.05) is 43.2 Å². The van der Waals surface area contributed by atoms with Crippen LogP contribution in [0.5, 0.6) is 0 Å². The summed E-state index contributed by atoms with van der Waals surface area (Å²) in [6.07, 6.45) is 7.37. The van der Waals surface area contributed by atoms with Crippen LogP contribution in [0.2, 0.25) is 0 Å². The van der Waals surface area contributed by atoms with Gasteiger partial charge in [-0.25, -0.2) is 0 Å². The summed E-state index contributed by atoms with van der Waals surface area (Å²) in [7, 11) is 0. The molecule has 0 amide bonds. The van der Waals surface area contributed by atoms with Crippen molar-refractivity contribution in [3.8, 4) is 0 Å². The summed E-state index contributed by atoms with van der Waals surface area (Å²) in [6.45, 7) is 0. The van der Waals surface area contributed by atoms with E-state index in [1.165, 1.54) is 41.8 Å². The molecule has 0 saturated heterocycles. The Balaban J connectivity index is 1.75. The van der Waals surface area contributed by atoms with Crippen molar-refractivity contribution in [3.63, 3.8) is 0 Å². The Morgan fingerprint density at radius 2 is 1.62 bits per heavy atom. The molecule has 3 rings (SSSR count). The number of hydrogen-bond acceptors (Lipinski definition) is 2. The molecule has 0 bridgehead atoms. The second kappa shape index (κ2) is 7.04. The first-order chi connectivity index (χ1) is 10.4. The van der Waals surface area contributed by atoms with Gasteiger partial charge in [-0.3, -0.25) is 0 Å². The van der Waals surface area contributed by atoms with Gasteiger partial charge in [0.1, 0.15) is 0 Å². The summed E-state index contributed by atoms with van der Waals surface area (Å²) < 4.78 is 0. The minimum absolute atomic E-state index is 0.557. The maximum Gasteiger partial charge on any atom is 0.0343 e. The summed E-state index contributed by atoms with van der Waals surface area (Å²) in [5.74, 6) is 0.639. The average Bonchev–Trinajstić information content (AvgIpc) is 2.57. The van der Waals surface area contributed by atoms with Crippen molar-refractivity contribution in [1.29, 1.82) is 0 Å². The van der Waals surface area contributed by atoms with Crippen LogP contribution < -0.4 is 5.32 Å². The molecule has 0 heterocycles. The van der Waals surface area contributed by atoms with E-state index in [4.69, 9.17) is 0 Å². The maximum atomic E-state index is 3.77. The number of benzene rings is 2. The Morgan fingerprint density at radius 1 is 0.905 bits per heavy atom. The third kappa shape index (κ3) is 3.62. The fourth-order valence-electron chi connectivity index (χ4n) is 3.30. The SMILES string of the molecule is CSc1ccc(NC2CCCCC2c2ccccc2)cc1. The third-order valence-electron chi connectivity index (χ3n) is 4.44. The van der Waals surface area contributed by atoms with Crippen molar-refractivity contribution in [1.82, 2.24) is 0 Å². The molecule has 1 saturated carbocycles. The van der Waals surface area contributed by atoms with Gasteiger partial charge in [0.25, 0.3) is 0 Å². The molecule has 2 aromatic rings. The van der Waals surface area contributed by atoms with E-state index in [2.05, 4.69) is 66.2 Å². The molecule has 1 aliphatic carbocycles. The van der Waals surface area contributed by atoms with Crippen LogP contribution in [-0.2, 0) is 0 Å². The lowest BCUT2D eigenvalue weighted by atomic mass is 9.80. The van der Waals surface area contributed by atoms with Crippen molar-refractivity contribution >= 4 is 17.4 Å². The van der Waals surface area contributed by atoms with Gasteiger partial charge in [0.05, 0.1) is 0 Å². The minimum atomic E-state index is 0.557. The topological polar surface area (TPSA) is 12.0 Å². The molecule has 0 aromatic heterocycles. The van der Waals surface area contributed by atoms with Crippen molar-refractivity contribution in [3.05, 3.63) is 60.2 Å². The summed E-state index contributed by atoms with van der Waals surface area (Å²) in [5.41, 5.74) is 2.73. The summed E-state index contributed by atoms with van der Waals surface area (Å²) >= 11 is 1.79. The molecule has 1 fully saturated rings. The Morgan fingerprint density at radius 3 is 2.33 bits per heavy atom. The quantitative estimate of drug-likeness (QED) is 0.743. The predicted molar refractivity (Wildman–Crippen MR) is 93.3 cm³/mol. The normalized spacial score (nSPS) is 22.0. The Hall–Kier alpha value is -1.41. The fourth-order valence-corrected chi connectivity index (χ4v) is 3.71. The lowest BCUT2D eigenvalue weighted by molar-refractivity contribution is 0.405. The Kier molecular flexibility index (Phi) is 4.87. The lowest BCUT2D eigenvalue weighted by Gasteiger charge is -2.33. The predicted octanol–water partition coefficient (Wildman–Crippen LogP) is 5.55. The first-order valence-electron chi connectivity index (χ1n) is 7.82. The molecule has 1 nitrogen and oxygen atoms in total. The van der Waals surface area contributed by atoms with E-state index in [9.17, 15) is 0 Å². The van der Waals surface area contributed by atoms with E-state index in [1.54, 1.807) is 11.8 Å². The van der Waals surface area contributed by atoms with Gasteiger partial charge in [0, 0.05) is 22.5 Å². The molecule has 2 aromatic carbocycles. The van der Waals surface area contributed by atoms with Crippen LogP contribution in [0.4, 0.5) is 5.69 Å². The number of rotatable bonds is 4. The van der Waals surface area contributed by atoms with Gasteiger partial charge in [0.2, 0.25) is 0 Å². The molecular formula is C19H23NS. The van der Waals surface area contributed by atoms with E-state index in [-0.39, 0.29) is 0 Å². The zero-order valence-corrected chi connectivity index (χ0v) is 13.4. The Bertz CT molecular complexity index is 550. The molecule has 1 N–H and O–H groups in total. The number of anilines is 1. The second-order valence-electron chi connectivity index (χ2n) is 5.78. The lowest BCUT2D eigenvalue weighted by Crippen LogP contribution is -2.30.